The Morgan fingerprint density at radius 1 is 0.480 bits per heavy atom. The molecule has 12 rings (SSSR count). The van der Waals surface area contributed by atoms with Crippen molar-refractivity contribution in [3.63, 3.8) is 0 Å². The molecule has 50 heavy (non-hydrogen) atoms. The van der Waals surface area contributed by atoms with Crippen molar-refractivity contribution in [2.45, 2.75) is 19.3 Å². The van der Waals surface area contributed by atoms with Crippen LogP contribution in [0.2, 0.25) is 0 Å². The van der Waals surface area contributed by atoms with Gasteiger partial charge in [-0.1, -0.05) is 147 Å². The topological polar surface area (TPSA) is 9.86 Å². The molecular weight excluding hydrogens is 603 g/mol. The zero-order valence-corrected chi connectivity index (χ0v) is 27.9. The van der Waals surface area contributed by atoms with E-state index in [-0.39, 0.29) is 12.3 Å². The quantitative estimate of drug-likeness (QED) is 0.159. The van der Waals surface area contributed by atoms with Gasteiger partial charge in [0.1, 0.15) is 0 Å². The van der Waals surface area contributed by atoms with Crippen molar-refractivity contribution in [1.82, 2.24) is 9.05 Å². The number of hydrogen-bond acceptors (Lipinski definition) is 0. The molecule has 2 nitrogen and oxygen atoms in total. The van der Waals surface area contributed by atoms with E-state index in [2.05, 4.69) is 175 Å². The first-order chi connectivity index (χ1) is 24.6. The summed E-state index contributed by atoms with van der Waals surface area (Å²) in [5.74, 6) is 0. The first-order valence-corrected chi connectivity index (χ1v) is 17.7. The lowest BCUT2D eigenvalue weighted by atomic mass is 9.48. The maximum atomic E-state index is 2.72. The Morgan fingerprint density at radius 3 is 2.06 bits per heavy atom. The molecule has 10 aromatic rings. The van der Waals surface area contributed by atoms with Crippen LogP contribution in [-0.2, 0) is 5.41 Å². The third-order valence-corrected chi connectivity index (χ3v) is 12.1. The fraction of sp³-hybridized carbons (Fsp3) is 0.0638. The maximum Gasteiger partial charge on any atom is 0.332 e. The molecule has 0 N–H and O–H groups in total. The van der Waals surface area contributed by atoms with E-state index in [9.17, 15) is 0 Å². The van der Waals surface area contributed by atoms with E-state index in [1.54, 1.807) is 0 Å². The molecule has 0 bridgehead atoms. The fourth-order valence-electron chi connectivity index (χ4n) is 10.1. The number of nitrogens with zero attached hydrogens (tertiary/aromatic N) is 2. The van der Waals surface area contributed by atoms with Crippen LogP contribution in [-0.4, -0.2) is 15.9 Å². The summed E-state index contributed by atoms with van der Waals surface area (Å²) in [6.07, 6.45) is 0. The summed E-state index contributed by atoms with van der Waals surface area (Å²) in [4.78, 5) is 0. The second kappa shape index (κ2) is 9.14. The number of fused-ring (bicyclic) bond motifs is 16. The Labute approximate surface area is 289 Å². The third-order valence-electron chi connectivity index (χ3n) is 12.1. The van der Waals surface area contributed by atoms with Crippen LogP contribution in [0, 0.1) is 0 Å². The minimum Gasteiger partial charge on any atom is -0.376 e. The fourth-order valence-corrected chi connectivity index (χ4v) is 10.1. The third kappa shape index (κ3) is 3.09. The summed E-state index contributed by atoms with van der Waals surface area (Å²) >= 11 is 0. The second-order valence-corrected chi connectivity index (χ2v) is 14.8. The summed E-state index contributed by atoms with van der Waals surface area (Å²) in [7, 11) is 0. The van der Waals surface area contributed by atoms with E-state index in [1.807, 2.05) is 0 Å². The highest BCUT2D eigenvalue weighted by molar-refractivity contribution is 6.88. The molecule has 232 valence electrons. The Hall–Kier alpha value is -6.06. The highest BCUT2D eigenvalue weighted by Crippen LogP contribution is 2.53. The van der Waals surface area contributed by atoms with Crippen LogP contribution in [0.1, 0.15) is 25.0 Å². The predicted octanol–water partition coefficient (Wildman–Crippen LogP) is 10.5. The Kier molecular flexibility index (Phi) is 4.90. The molecule has 2 aromatic heterocycles. The molecular formula is C47H31BN2. The first-order valence-electron chi connectivity index (χ1n) is 17.7. The number of aromatic nitrogens is 2. The minimum absolute atomic E-state index is 0.0326. The Bertz CT molecular complexity index is 3140. The van der Waals surface area contributed by atoms with Crippen LogP contribution < -0.4 is 10.9 Å². The molecule has 8 aromatic carbocycles. The second-order valence-electron chi connectivity index (χ2n) is 14.8. The molecule has 3 heterocycles. The summed E-state index contributed by atoms with van der Waals surface area (Å²) < 4.78 is 5.29. The molecule has 0 saturated heterocycles. The van der Waals surface area contributed by atoms with Crippen molar-refractivity contribution in [2.75, 3.05) is 0 Å². The summed E-state index contributed by atoms with van der Waals surface area (Å²) in [5, 5.41) is 10.5. The summed E-state index contributed by atoms with van der Waals surface area (Å²) in [6, 6.07) is 57.1. The van der Waals surface area contributed by atoms with E-state index < -0.39 is 0 Å². The van der Waals surface area contributed by atoms with E-state index in [1.165, 1.54) is 104 Å². The zero-order valence-electron chi connectivity index (χ0n) is 27.9. The molecule has 0 saturated carbocycles. The van der Waals surface area contributed by atoms with Crippen LogP contribution >= 0.6 is 0 Å². The molecule has 1 aliphatic carbocycles. The van der Waals surface area contributed by atoms with E-state index >= 15 is 0 Å². The highest BCUT2D eigenvalue weighted by atomic mass is 15.0. The molecule has 0 unspecified atom stereocenters. The van der Waals surface area contributed by atoms with E-state index in [0.29, 0.717) is 0 Å². The molecule has 1 aliphatic heterocycles. The van der Waals surface area contributed by atoms with Crippen LogP contribution in [0.5, 0.6) is 0 Å². The molecule has 2 aliphatic rings. The van der Waals surface area contributed by atoms with Crippen LogP contribution in [0.15, 0.2) is 152 Å². The van der Waals surface area contributed by atoms with E-state index in [0.717, 1.165) is 0 Å². The van der Waals surface area contributed by atoms with Crippen molar-refractivity contribution in [3.8, 4) is 16.8 Å². The van der Waals surface area contributed by atoms with Gasteiger partial charge in [0.2, 0.25) is 0 Å². The van der Waals surface area contributed by atoms with Gasteiger partial charge in [-0.2, -0.15) is 0 Å². The maximum absolute atomic E-state index is 2.72. The monoisotopic (exact) mass is 634 g/mol. The lowest BCUT2D eigenvalue weighted by Crippen LogP contribution is -2.53. The van der Waals surface area contributed by atoms with Crippen molar-refractivity contribution in [3.05, 3.63) is 163 Å². The van der Waals surface area contributed by atoms with Gasteiger partial charge in [0.15, 0.2) is 0 Å². The van der Waals surface area contributed by atoms with Gasteiger partial charge in [-0.3, -0.25) is 0 Å². The average molecular weight is 635 g/mol. The molecule has 0 spiro atoms. The van der Waals surface area contributed by atoms with Gasteiger partial charge in [-0.25, -0.2) is 0 Å². The molecule has 0 amide bonds. The van der Waals surface area contributed by atoms with Crippen molar-refractivity contribution in [2.24, 2.45) is 0 Å². The van der Waals surface area contributed by atoms with Gasteiger partial charge in [0.25, 0.3) is 0 Å². The molecule has 0 atom stereocenters. The van der Waals surface area contributed by atoms with Gasteiger partial charge in [0, 0.05) is 43.7 Å². The zero-order chi connectivity index (χ0) is 32.9. The van der Waals surface area contributed by atoms with Crippen LogP contribution in [0.25, 0.3) is 82.0 Å². The van der Waals surface area contributed by atoms with Gasteiger partial charge in [-0.05, 0) is 72.9 Å². The number of rotatable bonds is 1. The Morgan fingerprint density at radius 2 is 1.18 bits per heavy atom. The van der Waals surface area contributed by atoms with Gasteiger partial charge < -0.3 is 9.05 Å². The summed E-state index contributed by atoms with van der Waals surface area (Å²) in [5.41, 5.74) is 14.5. The van der Waals surface area contributed by atoms with Gasteiger partial charge in [-0.15, -0.1) is 0 Å². The SMILES string of the molecule is CC1(C)c2ccccc2-c2ccc3c4ccccc4n(B4c5ccccc5-n5c6ccc7ccccc7c6c6c7ccccc7cc4c65)c3c21. The van der Waals surface area contributed by atoms with Crippen molar-refractivity contribution >= 4 is 82.9 Å². The van der Waals surface area contributed by atoms with Gasteiger partial charge >= 0.3 is 6.85 Å². The normalized spacial score (nSPS) is 14.3. The minimum atomic E-state index is -0.154. The number of benzene rings is 8. The van der Waals surface area contributed by atoms with Crippen molar-refractivity contribution in [1.29, 1.82) is 0 Å². The number of hydrogen-bond donors (Lipinski definition) is 0. The predicted molar refractivity (Wildman–Crippen MR) is 213 cm³/mol. The molecule has 3 heteroatoms. The average Bonchev–Trinajstić information content (AvgIpc) is 3.77. The first kappa shape index (κ1) is 26.8. The largest absolute Gasteiger partial charge is 0.376 e. The smallest absolute Gasteiger partial charge is 0.332 e. The highest BCUT2D eigenvalue weighted by Gasteiger charge is 2.42. The van der Waals surface area contributed by atoms with Crippen molar-refractivity contribution < 1.29 is 0 Å². The number of para-hydroxylation sites is 2. The standard InChI is InChI=1S/C47H31BN2/c1-47(2)36-19-9-7-17-32(36)34-24-25-35-33-18-8-11-21-39(33)50(45(35)44(34)47)48-37-20-10-12-22-40(37)49-41-26-23-28-13-3-5-15-30(28)42(41)43-31-16-6-4-14-29(31)27-38(48)46(43)49/h3-27H,1-2H3. The lowest BCUT2D eigenvalue weighted by Gasteiger charge is -2.30. The molecule has 0 radical (unpaired) electrons. The van der Waals surface area contributed by atoms with Gasteiger partial charge in [0.05, 0.1) is 11.0 Å². The lowest BCUT2D eigenvalue weighted by molar-refractivity contribution is 0.664. The Balaban J connectivity index is 1.33. The van der Waals surface area contributed by atoms with Crippen LogP contribution in [0.4, 0.5) is 0 Å². The molecule has 0 fully saturated rings. The van der Waals surface area contributed by atoms with Crippen LogP contribution in [0.3, 0.4) is 0 Å². The van der Waals surface area contributed by atoms with E-state index in [4.69, 9.17) is 0 Å². The summed E-state index contributed by atoms with van der Waals surface area (Å²) in [6.45, 7) is 4.81.